The minimum atomic E-state index is -0.265. The number of H-pyrrole nitrogens is 1. The highest BCUT2D eigenvalue weighted by atomic mass is 16.5. The van der Waals surface area contributed by atoms with Gasteiger partial charge >= 0.3 is 0 Å². The molecule has 0 bridgehead atoms. The van der Waals surface area contributed by atoms with Crippen molar-refractivity contribution in [2.45, 2.75) is 13.0 Å². The molecule has 0 saturated heterocycles. The molecule has 0 aliphatic rings. The molecule has 2 aromatic rings. The Bertz CT molecular complexity index is 504. The molecule has 0 spiro atoms. The standard InChI is InChI=1S/C12H13NO3/c1-8(16-7-14)11-6-13-12-4-3-9(15-2)5-10(11)12/h3-8,13H,1-2H3. The molecule has 4 nitrogen and oxygen atoms in total. The number of nitrogens with one attached hydrogen (secondary N) is 1. The number of carbonyl (C=O) groups excluding carboxylic acids is 1. The average molecular weight is 219 g/mol. The second-order valence-corrected chi connectivity index (χ2v) is 3.53. The minimum absolute atomic E-state index is 0.265. The Labute approximate surface area is 93.2 Å². The molecule has 1 N–H and O–H groups in total. The number of methoxy groups -OCH3 is 1. The van der Waals surface area contributed by atoms with Crippen LogP contribution in [0.1, 0.15) is 18.6 Å². The van der Waals surface area contributed by atoms with Gasteiger partial charge in [-0.25, -0.2) is 0 Å². The summed E-state index contributed by atoms with van der Waals surface area (Å²) in [6.07, 6.45) is 1.58. The lowest BCUT2D eigenvalue weighted by Gasteiger charge is -2.08. The van der Waals surface area contributed by atoms with Crippen molar-refractivity contribution in [1.82, 2.24) is 4.98 Å². The topological polar surface area (TPSA) is 51.3 Å². The van der Waals surface area contributed by atoms with Crippen molar-refractivity contribution < 1.29 is 14.3 Å². The van der Waals surface area contributed by atoms with E-state index in [0.29, 0.717) is 6.47 Å². The monoisotopic (exact) mass is 219 g/mol. The summed E-state index contributed by atoms with van der Waals surface area (Å²) in [5.41, 5.74) is 1.94. The summed E-state index contributed by atoms with van der Waals surface area (Å²) in [6.45, 7) is 2.29. The highest BCUT2D eigenvalue weighted by molar-refractivity contribution is 5.85. The molecule has 1 heterocycles. The number of hydrogen-bond donors (Lipinski definition) is 1. The van der Waals surface area contributed by atoms with Crippen LogP contribution in [0.5, 0.6) is 5.75 Å². The third kappa shape index (κ3) is 1.74. The summed E-state index contributed by atoms with van der Waals surface area (Å²) < 4.78 is 10.1. The van der Waals surface area contributed by atoms with Crippen LogP contribution in [0.2, 0.25) is 0 Å². The highest BCUT2D eigenvalue weighted by Crippen LogP contribution is 2.28. The predicted molar refractivity (Wildman–Crippen MR) is 60.4 cm³/mol. The van der Waals surface area contributed by atoms with Gasteiger partial charge in [-0.3, -0.25) is 4.79 Å². The third-order valence-electron chi connectivity index (χ3n) is 2.62. The molecular weight excluding hydrogens is 206 g/mol. The second kappa shape index (κ2) is 4.26. The zero-order chi connectivity index (χ0) is 11.5. The Morgan fingerprint density at radius 1 is 1.44 bits per heavy atom. The molecule has 84 valence electrons. The molecule has 0 radical (unpaired) electrons. The van der Waals surface area contributed by atoms with Crippen LogP contribution < -0.4 is 4.74 Å². The van der Waals surface area contributed by atoms with Gasteiger partial charge in [0.25, 0.3) is 6.47 Å². The number of rotatable bonds is 4. The van der Waals surface area contributed by atoms with Crippen molar-refractivity contribution >= 4 is 17.4 Å². The van der Waals surface area contributed by atoms with E-state index in [9.17, 15) is 4.79 Å². The van der Waals surface area contributed by atoms with Crippen LogP contribution in [0.25, 0.3) is 10.9 Å². The molecule has 16 heavy (non-hydrogen) atoms. The first-order chi connectivity index (χ1) is 7.76. The molecule has 0 amide bonds. The first-order valence-corrected chi connectivity index (χ1v) is 5.00. The van der Waals surface area contributed by atoms with Gasteiger partial charge in [0.1, 0.15) is 11.9 Å². The fourth-order valence-corrected chi connectivity index (χ4v) is 1.74. The van der Waals surface area contributed by atoms with Crippen molar-refractivity contribution in [3.05, 3.63) is 30.0 Å². The van der Waals surface area contributed by atoms with Crippen LogP contribution in [0, 0.1) is 0 Å². The lowest BCUT2D eigenvalue weighted by molar-refractivity contribution is -0.133. The SMILES string of the molecule is COc1ccc2[nH]cc(C(C)OC=O)c2c1. The number of carbonyl (C=O) groups is 1. The van der Waals surface area contributed by atoms with Crippen LogP contribution in [0.4, 0.5) is 0 Å². The van der Waals surface area contributed by atoms with Gasteiger partial charge in [0.2, 0.25) is 0 Å². The molecule has 0 saturated carbocycles. The van der Waals surface area contributed by atoms with Gasteiger partial charge in [-0.05, 0) is 25.1 Å². The van der Waals surface area contributed by atoms with Crippen molar-refractivity contribution in [2.75, 3.05) is 7.11 Å². The van der Waals surface area contributed by atoms with Crippen LogP contribution in [-0.4, -0.2) is 18.6 Å². The Morgan fingerprint density at radius 3 is 2.94 bits per heavy atom. The molecule has 0 aliphatic heterocycles. The van der Waals surface area contributed by atoms with Crippen molar-refractivity contribution in [1.29, 1.82) is 0 Å². The fraction of sp³-hybridized carbons (Fsp3) is 0.250. The number of hydrogen-bond acceptors (Lipinski definition) is 3. The summed E-state index contributed by atoms with van der Waals surface area (Å²) in [4.78, 5) is 13.4. The van der Waals surface area contributed by atoms with Crippen LogP contribution in [0.3, 0.4) is 0 Å². The Morgan fingerprint density at radius 2 is 2.25 bits per heavy atom. The maximum atomic E-state index is 10.3. The summed E-state index contributed by atoms with van der Waals surface area (Å²) in [5.74, 6) is 0.784. The Kier molecular flexibility index (Phi) is 2.81. The molecular formula is C12H13NO3. The predicted octanol–water partition coefficient (Wildman–Crippen LogP) is 2.41. The largest absolute Gasteiger partial charge is 0.497 e. The van der Waals surface area contributed by atoms with E-state index in [1.165, 1.54) is 0 Å². The number of ether oxygens (including phenoxy) is 2. The molecule has 4 heteroatoms. The molecule has 1 unspecified atom stereocenters. The van der Waals surface area contributed by atoms with Crippen LogP contribution in [-0.2, 0) is 9.53 Å². The maximum Gasteiger partial charge on any atom is 0.293 e. The van der Waals surface area contributed by atoms with Crippen molar-refractivity contribution in [3.8, 4) is 5.75 Å². The minimum Gasteiger partial charge on any atom is -0.497 e. The number of aromatic nitrogens is 1. The van der Waals surface area contributed by atoms with E-state index in [1.807, 2.05) is 31.3 Å². The Hall–Kier alpha value is -1.97. The van der Waals surface area contributed by atoms with Crippen molar-refractivity contribution in [2.24, 2.45) is 0 Å². The van der Waals surface area contributed by atoms with E-state index in [1.54, 1.807) is 7.11 Å². The third-order valence-corrected chi connectivity index (χ3v) is 2.62. The lowest BCUT2D eigenvalue weighted by atomic mass is 10.1. The Balaban J connectivity index is 2.49. The maximum absolute atomic E-state index is 10.3. The quantitative estimate of drug-likeness (QED) is 0.803. The molecule has 1 aromatic carbocycles. The van der Waals surface area contributed by atoms with Gasteiger partial charge < -0.3 is 14.5 Å². The molecule has 0 fully saturated rings. The lowest BCUT2D eigenvalue weighted by Crippen LogP contribution is -1.96. The summed E-state index contributed by atoms with van der Waals surface area (Å²) in [6, 6.07) is 5.74. The van der Waals surface area contributed by atoms with Gasteiger partial charge in [-0.2, -0.15) is 0 Å². The molecule has 1 aromatic heterocycles. The summed E-state index contributed by atoms with van der Waals surface area (Å²) >= 11 is 0. The van der Waals surface area contributed by atoms with E-state index in [-0.39, 0.29) is 6.10 Å². The van der Waals surface area contributed by atoms with Gasteiger partial charge in [0.15, 0.2) is 0 Å². The summed E-state index contributed by atoms with van der Waals surface area (Å²) in [7, 11) is 1.62. The first kappa shape index (κ1) is 10.5. The van der Waals surface area contributed by atoms with Gasteiger partial charge in [0.05, 0.1) is 7.11 Å². The number of aromatic amines is 1. The smallest absolute Gasteiger partial charge is 0.293 e. The van der Waals surface area contributed by atoms with E-state index in [4.69, 9.17) is 9.47 Å². The van der Waals surface area contributed by atoms with Gasteiger partial charge in [0, 0.05) is 22.7 Å². The zero-order valence-corrected chi connectivity index (χ0v) is 9.19. The van der Waals surface area contributed by atoms with E-state index >= 15 is 0 Å². The number of benzene rings is 1. The van der Waals surface area contributed by atoms with E-state index < -0.39 is 0 Å². The van der Waals surface area contributed by atoms with Crippen LogP contribution >= 0.6 is 0 Å². The zero-order valence-electron chi connectivity index (χ0n) is 9.19. The fourth-order valence-electron chi connectivity index (χ4n) is 1.74. The molecule has 2 rings (SSSR count). The van der Waals surface area contributed by atoms with Crippen LogP contribution in [0.15, 0.2) is 24.4 Å². The number of fused-ring (bicyclic) bond motifs is 1. The molecule has 0 aliphatic carbocycles. The van der Waals surface area contributed by atoms with Crippen molar-refractivity contribution in [3.63, 3.8) is 0 Å². The summed E-state index contributed by atoms with van der Waals surface area (Å²) in [5, 5.41) is 1.01. The highest BCUT2D eigenvalue weighted by Gasteiger charge is 2.12. The van der Waals surface area contributed by atoms with E-state index in [2.05, 4.69) is 4.98 Å². The average Bonchev–Trinajstić information content (AvgIpc) is 2.71. The normalized spacial score (nSPS) is 12.4. The van der Waals surface area contributed by atoms with E-state index in [0.717, 1.165) is 22.2 Å². The van der Waals surface area contributed by atoms with Gasteiger partial charge in [-0.1, -0.05) is 0 Å². The van der Waals surface area contributed by atoms with Gasteiger partial charge in [-0.15, -0.1) is 0 Å². The first-order valence-electron chi connectivity index (χ1n) is 5.00. The second-order valence-electron chi connectivity index (χ2n) is 3.53. The molecule has 1 atom stereocenters.